The third-order valence-electron chi connectivity index (χ3n) is 2.75. The molecule has 0 saturated heterocycles. The Balaban J connectivity index is 2.14. The fourth-order valence-electron chi connectivity index (χ4n) is 1.73. The van der Waals surface area contributed by atoms with Gasteiger partial charge in [0.15, 0.2) is 0 Å². The molecule has 0 atom stereocenters. The van der Waals surface area contributed by atoms with Crippen molar-refractivity contribution in [3.8, 4) is 0 Å². The number of nitrogens with one attached hydrogen (secondary N) is 1. The van der Waals surface area contributed by atoms with E-state index in [-0.39, 0.29) is 11.1 Å². The molecule has 0 heterocycles. The van der Waals surface area contributed by atoms with Crippen LogP contribution in [0.5, 0.6) is 0 Å². The number of alkyl halides is 3. The number of hydrazone groups is 1. The van der Waals surface area contributed by atoms with Crippen molar-refractivity contribution >= 4 is 12.1 Å². The molecule has 0 saturated carbocycles. The summed E-state index contributed by atoms with van der Waals surface area (Å²) < 4.78 is 51.6. The lowest BCUT2D eigenvalue weighted by atomic mass is 10.1. The molecule has 2 aromatic rings. The lowest BCUT2D eigenvalue weighted by Gasteiger charge is -2.09. The topological polar surface area (TPSA) is 41.5 Å². The van der Waals surface area contributed by atoms with Gasteiger partial charge in [-0.1, -0.05) is 30.3 Å². The molecular weight excluding hydrogens is 300 g/mol. The standard InChI is InChI=1S/C15H10F4N2O/c16-13-8-4-2-6-11(13)14(22)21-20-9-10-5-1-3-7-12(10)15(17,18)19/h1-9H,(H,21,22)/b20-9+. The monoisotopic (exact) mass is 310 g/mol. The first-order valence-corrected chi connectivity index (χ1v) is 6.14. The predicted octanol–water partition coefficient (Wildman–Crippen LogP) is 3.61. The summed E-state index contributed by atoms with van der Waals surface area (Å²) in [6.07, 6.45) is -3.67. The lowest BCUT2D eigenvalue weighted by Crippen LogP contribution is -2.19. The first-order chi connectivity index (χ1) is 10.4. The van der Waals surface area contributed by atoms with E-state index in [0.717, 1.165) is 18.3 Å². The molecule has 0 aliphatic rings. The van der Waals surface area contributed by atoms with Gasteiger partial charge in [0.25, 0.3) is 5.91 Å². The molecule has 0 spiro atoms. The number of carbonyl (C=O) groups is 1. The summed E-state index contributed by atoms with van der Waals surface area (Å²) in [6.45, 7) is 0. The molecule has 1 N–H and O–H groups in total. The minimum absolute atomic E-state index is 0.205. The van der Waals surface area contributed by atoms with E-state index in [9.17, 15) is 22.4 Å². The Morgan fingerprint density at radius 2 is 1.68 bits per heavy atom. The van der Waals surface area contributed by atoms with Gasteiger partial charge in [-0.3, -0.25) is 4.79 Å². The van der Waals surface area contributed by atoms with E-state index in [1.807, 2.05) is 5.43 Å². The molecule has 3 nitrogen and oxygen atoms in total. The van der Waals surface area contributed by atoms with Crippen LogP contribution in [0.15, 0.2) is 53.6 Å². The Morgan fingerprint density at radius 1 is 1.05 bits per heavy atom. The summed E-state index contributed by atoms with van der Waals surface area (Å²) in [5, 5.41) is 3.44. The maximum atomic E-state index is 13.3. The minimum Gasteiger partial charge on any atom is -0.267 e. The van der Waals surface area contributed by atoms with Crippen LogP contribution in [0.25, 0.3) is 0 Å². The number of halogens is 4. The lowest BCUT2D eigenvalue weighted by molar-refractivity contribution is -0.137. The van der Waals surface area contributed by atoms with Crippen LogP contribution in [-0.4, -0.2) is 12.1 Å². The van der Waals surface area contributed by atoms with Crippen molar-refractivity contribution in [3.05, 3.63) is 71.0 Å². The predicted molar refractivity (Wildman–Crippen MR) is 72.9 cm³/mol. The number of nitrogens with zero attached hydrogens (tertiary/aromatic N) is 1. The van der Waals surface area contributed by atoms with Crippen LogP contribution in [0.4, 0.5) is 17.6 Å². The Kier molecular flexibility index (Phi) is 4.55. The zero-order chi connectivity index (χ0) is 16.2. The quantitative estimate of drug-likeness (QED) is 0.525. The largest absolute Gasteiger partial charge is 0.417 e. The summed E-state index contributed by atoms with van der Waals surface area (Å²) in [5.41, 5.74) is 0.663. The summed E-state index contributed by atoms with van der Waals surface area (Å²) >= 11 is 0. The second-order valence-electron chi connectivity index (χ2n) is 4.26. The second kappa shape index (κ2) is 6.38. The third-order valence-corrected chi connectivity index (χ3v) is 2.75. The molecule has 114 valence electrons. The number of hydrogen-bond donors (Lipinski definition) is 1. The van der Waals surface area contributed by atoms with Crippen molar-refractivity contribution < 1.29 is 22.4 Å². The maximum Gasteiger partial charge on any atom is 0.417 e. The highest BCUT2D eigenvalue weighted by atomic mass is 19.4. The van der Waals surface area contributed by atoms with Crippen molar-refractivity contribution in [2.75, 3.05) is 0 Å². The van der Waals surface area contributed by atoms with E-state index in [2.05, 4.69) is 5.10 Å². The normalized spacial score (nSPS) is 11.6. The average molecular weight is 310 g/mol. The molecule has 0 unspecified atom stereocenters. The van der Waals surface area contributed by atoms with Crippen LogP contribution >= 0.6 is 0 Å². The van der Waals surface area contributed by atoms with E-state index in [1.54, 1.807) is 0 Å². The van der Waals surface area contributed by atoms with Crippen LogP contribution in [-0.2, 0) is 6.18 Å². The van der Waals surface area contributed by atoms with E-state index < -0.39 is 23.5 Å². The number of amides is 1. The highest BCUT2D eigenvalue weighted by molar-refractivity contribution is 5.95. The fraction of sp³-hybridized carbons (Fsp3) is 0.0667. The van der Waals surface area contributed by atoms with Crippen molar-refractivity contribution in [2.24, 2.45) is 5.10 Å². The Labute approximate surface area is 123 Å². The van der Waals surface area contributed by atoms with Gasteiger partial charge in [0.2, 0.25) is 0 Å². The van der Waals surface area contributed by atoms with Gasteiger partial charge in [0, 0.05) is 5.56 Å². The molecule has 0 aromatic heterocycles. The van der Waals surface area contributed by atoms with Gasteiger partial charge < -0.3 is 0 Å². The summed E-state index contributed by atoms with van der Waals surface area (Å²) in [6, 6.07) is 9.98. The summed E-state index contributed by atoms with van der Waals surface area (Å²) in [5.74, 6) is -1.59. The highest BCUT2D eigenvalue weighted by Crippen LogP contribution is 2.30. The fourth-order valence-corrected chi connectivity index (χ4v) is 1.73. The average Bonchev–Trinajstić information content (AvgIpc) is 2.47. The molecule has 2 rings (SSSR count). The Bertz CT molecular complexity index is 711. The minimum atomic E-state index is -4.53. The molecule has 2 aromatic carbocycles. The highest BCUT2D eigenvalue weighted by Gasteiger charge is 2.32. The van der Waals surface area contributed by atoms with E-state index in [1.165, 1.54) is 36.4 Å². The SMILES string of the molecule is O=C(N/N=C/c1ccccc1C(F)(F)F)c1ccccc1F. The van der Waals surface area contributed by atoms with Crippen LogP contribution in [0, 0.1) is 5.82 Å². The zero-order valence-corrected chi connectivity index (χ0v) is 11.1. The maximum absolute atomic E-state index is 13.3. The Morgan fingerprint density at radius 3 is 2.36 bits per heavy atom. The van der Waals surface area contributed by atoms with Gasteiger partial charge in [-0.05, 0) is 18.2 Å². The van der Waals surface area contributed by atoms with Gasteiger partial charge >= 0.3 is 6.18 Å². The van der Waals surface area contributed by atoms with Crippen molar-refractivity contribution in [2.45, 2.75) is 6.18 Å². The first-order valence-electron chi connectivity index (χ1n) is 6.14. The van der Waals surface area contributed by atoms with E-state index >= 15 is 0 Å². The molecule has 7 heteroatoms. The van der Waals surface area contributed by atoms with Gasteiger partial charge in [-0.15, -0.1) is 0 Å². The van der Waals surface area contributed by atoms with Crippen molar-refractivity contribution in [1.82, 2.24) is 5.43 Å². The second-order valence-corrected chi connectivity index (χ2v) is 4.26. The van der Waals surface area contributed by atoms with Gasteiger partial charge in [0.1, 0.15) is 5.82 Å². The molecule has 22 heavy (non-hydrogen) atoms. The van der Waals surface area contributed by atoms with E-state index in [4.69, 9.17) is 0 Å². The third kappa shape index (κ3) is 3.69. The van der Waals surface area contributed by atoms with Crippen LogP contribution in [0.3, 0.4) is 0 Å². The van der Waals surface area contributed by atoms with Gasteiger partial charge in [-0.25, -0.2) is 9.82 Å². The molecule has 1 amide bonds. The van der Waals surface area contributed by atoms with Gasteiger partial charge in [0.05, 0.1) is 17.3 Å². The van der Waals surface area contributed by atoms with Gasteiger partial charge in [-0.2, -0.15) is 18.3 Å². The number of carbonyl (C=O) groups excluding carboxylic acids is 1. The Hall–Kier alpha value is -2.70. The molecule has 0 bridgehead atoms. The van der Waals surface area contributed by atoms with Crippen molar-refractivity contribution in [3.63, 3.8) is 0 Å². The van der Waals surface area contributed by atoms with E-state index in [0.29, 0.717) is 0 Å². The molecule has 0 aliphatic carbocycles. The van der Waals surface area contributed by atoms with Crippen LogP contribution in [0.1, 0.15) is 21.5 Å². The zero-order valence-electron chi connectivity index (χ0n) is 11.1. The summed E-state index contributed by atoms with van der Waals surface area (Å²) in [7, 11) is 0. The summed E-state index contributed by atoms with van der Waals surface area (Å²) in [4.78, 5) is 11.7. The smallest absolute Gasteiger partial charge is 0.267 e. The number of hydrogen-bond acceptors (Lipinski definition) is 2. The molecule has 0 radical (unpaired) electrons. The van der Waals surface area contributed by atoms with Crippen LogP contribution < -0.4 is 5.43 Å². The van der Waals surface area contributed by atoms with Crippen molar-refractivity contribution in [1.29, 1.82) is 0 Å². The molecular formula is C15H10F4N2O. The number of rotatable bonds is 3. The first kappa shape index (κ1) is 15.7. The van der Waals surface area contributed by atoms with Crippen LogP contribution in [0.2, 0.25) is 0 Å². The number of benzene rings is 2. The molecule has 0 aliphatic heterocycles. The molecule has 0 fully saturated rings.